The van der Waals surface area contributed by atoms with Crippen LogP contribution in [-0.4, -0.2) is 23.1 Å². The van der Waals surface area contributed by atoms with Gasteiger partial charge in [0, 0.05) is 11.4 Å². The Labute approximate surface area is 97.2 Å². The zero-order chi connectivity index (χ0) is 12.1. The number of carbonyl (C=O) groups is 2. The van der Waals surface area contributed by atoms with Gasteiger partial charge in [-0.1, -0.05) is 23.7 Å². The van der Waals surface area contributed by atoms with Crippen molar-refractivity contribution in [3.8, 4) is 0 Å². The number of carbonyl (C=O) groups excluding carboxylic acids is 1. The maximum absolute atomic E-state index is 11.0. The van der Waals surface area contributed by atoms with Crippen molar-refractivity contribution in [3.63, 3.8) is 0 Å². The van der Waals surface area contributed by atoms with Gasteiger partial charge in [0.1, 0.15) is 6.04 Å². The molecule has 0 bridgehead atoms. The topological polar surface area (TPSA) is 92.4 Å². The first-order valence-electron chi connectivity index (χ1n) is 4.52. The van der Waals surface area contributed by atoms with Crippen LogP contribution in [0.25, 0.3) is 0 Å². The third-order valence-electron chi connectivity index (χ3n) is 1.99. The molecule has 0 saturated heterocycles. The molecule has 16 heavy (non-hydrogen) atoms. The monoisotopic (exact) mass is 242 g/mol. The molecule has 1 unspecified atom stereocenters. The maximum Gasteiger partial charge on any atom is 0.405 e. The van der Waals surface area contributed by atoms with Gasteiger partial charge in [-0.2, -0.15) is 0 Å². The Kier molecular flexibility index (Phi) is 4.13. The molecular weight excluding hydrogens is 232 g/mol. The van der Waals surface area contributed by atoms with E-state index in [9.17, 15) is 9.59 Å². The Hall–Kier alpha value is -1.75. The first-order valence-corrected chi connectivity index (χ1v) is 4.90. The molecule has 2 amide bonds. The van der Waals surface area contributed by atoms with Crippen LogP contribution in [0.3, 0.4) is 0 Å². The molecule has 1 aromatic rings. The first-order chi connectivity index (χ1) is 7.49. The van der Waals surface area contributed by atoms with Crippen molar-refractivity contribution in [1.29, 1.82) is 0 Å². The molecule has 1 aromatic carbocycles. The van der Waals surface area contributed by atoms with Crippen LogP contribution in [-0.2, 0) is 11.2 Å². The fraction of sp³-hybridized carbons (Fsp3) is 0.200. The van der Waals surface area contributed by atoms with Crippen molar-refractivity contribution >= 4 is 23.6 Å². The standard InChI is InChI=1S/C10H11ClN2O3/c11-7-3-1-6(2-4-7)5-8(9(12)14)13-10(15)16/h1-4,8,13H,5H2,(H2,12,14)(H,15,16). The van der Waals surface area contributed by atoms with Gasteiger partial charge < -0.3 is 16.2 Å². The van der Waals surface area contributed by atoms with Crippen molar-refractivity contribution in [2.45, 2.75) is 12.5 Å². The number of benzene rings is 1. The molecule has 0 fully saturated rings. The van der Waals surface area contributed by atoms with Gasteiger partial charge >= 0.3 is 6.09 Å². The minimum Gasteiger partial charge on any atom is -0.465 e. The van der Waals surface area contributed by atoms with Gasteiger partial charge in [-0.15, -0.1) is 0 Å². The van der Waals surface area contributed by atoms with Crippen LogP contribution < -0.4 is 11.1 Å². The molecule has 6 heteroatoms. The molecule has 0 spiro atoms. The van der Waals surface area contributed by atoms with E-state index in [1.165, 1.54) is 0 Å². The first kappa shape index (κ1) is 12.3. The van der Waals surface area contributed by atoms with Crippen LogP contribution in [0.15, 0.2) is 24.3 Å². The summed E-state index contributed by atoms with van der Waals surface area (Å²) in [6.45, 7) is 0. The zero-order valence-electron chi connectivity index (χ0n) is 8.31. The highest BCUT2D eigenvalue weighted by atomic mass is 35.5. The number of nitrogens with one attached hydrogen (secondary N) is 1. The summed E-state index contributed by atoms with van der Waals surface area (Å²) in [4.78, 5) is 21.4. The van der Waals surface area contributed by atoms with E-state index in [-0.39, 0.29) is 6.42 Å². The van der Waals surface area contributed by atoms with Gasteiger partial charge in [0.05, 0.1) is 0 Å². The Bertz CT molecular complexity index is 392. The van der Waals surface area contributed by atoms with Gasteiger partial charge in [-0.25, -0.2) is 4.79 Å². The fourth-order valence-electron chi connectivity index (χ4n) is 1.23. The van der Waals surface area contributed by atoms with Gasteiger partial charge in [0.25, 0.3) is 0 Å². The third kappa shape index (κ3) is 3.78. The quantitative estimate of drug-likeness (QED) is 0.736. The van der Waals surface area contributed by atoms with Crippen LogP contribution in [0.1, 0.15) is 5.56 Å². The molecule has 0 aromatic heterocycles. The largest absolute Gasteiger partial charge is 0.465 e. The van der Waals surface area contributed by atoms with Crippen LogP contribution in [0.4, 0.5) is 4.79 Å². The summed E-state index contributed by atoms with van der Waals surface area (Å²) in [5.41, 5.74) is 5.85. The normalized spacial score (nSPS) is 11.8. The van der Waals surface area contributed by atoms with Crippen LogP contribution in [0.5, 0.6) is 0 Å². The highest BCUT2D eigenvalue weighted by molar-refractivity contribution is 6.30. The number of nitrogens with two attached hydrogens (primary N) is 1. The molecule has 0 radical (unpaired) electrons. The summed E-state index contributed by atoms with van der Waals surface area (Å²) >= 11 is 5.69. The average Bonchev–Trinajstić information content (AvgIpc) is 2.19. The summed E-state index contributed by atoms with van der Waals surface area (Å²) in [6.07, 6.45) is -1.07. The number of amides is 2. The van der Waals surface area contributed by atoms with Gasteiger partial charge in [0.2, 0.25) is 5.91 Å². The van der Waals surface area contributed by atoms with Gasteiger partial charge in [0.15, 0.2) is 0 Å². The second-order valence-corrected chi connectivity index (χ2v) is 3.67. The molecule has 1 atom stereocenters. The molecule has 0 aliphatic rings. The van der Waals surface area contributed by atoms with E-state index in [1.54, 1.807) is 24.3 Å². The molecule has 5 nitrogen and oxygen atoms in total. The van der Waals surface area contributed by atoms with E-state index in [2.05, 4.69) is 5.32 Å². The number of primary amides is 1. The van der Waals surface area contributed by atoms with Crippen molar-refractivity contribution in [3.05, 3.63) is 34.9 Å². The Morgan fingerprint density at radius 3 is 2.38 bits per heavy atom. The minimum absolute atomic E-state index is 0.207. The second-order valence-electron chi connectivity index (χ2n) is 3.24. The predicted molar refractivity (Wildman–Crippen MR) is 59.3 cm³/mol. The number of hydrogen-bond acceptors (Lipinski definition) is 2. The van der Waals surface area contributed by atoms with Gasteiger partial charge in [-0.05, 0) is 17.7 Å². The van der Waals surface area contributed by atoms with Crippen molar-refractivity contribution in [1.82, 2.24) is 5.32 Å². The zero-order valence-corrected chi connectivity index (χ0v) is 9.07. The van der Waals surface area contributed by atoms with Crippen LogP contribution in [0, 0.1) is 0 Å². The molecule has 86 valence electrons. The summed E-state index contributed by atoms with van der Waals surface area (Å²) in [6, 6.07) is 5.81. The van der Waals surface area contributed by atoms with Crippen LogP contribution >= 0.6 is 11.6 Å². The average molecular weight is 243 g/mol. The van der Waals surface area contributed by atoms with Gasteiger partial charge in [-0.3, -0.25) is 4.79 Å². The predicted octanol–water partition coefficient (Wildman–Crippen LogP) is 1.00. The summed E-state index contributed by atoms with van der Waals surface area (Å²) in [5.74, 6) is -0.711. The van der Waals surface area contributed by atoms with Crippen molar-refractivity contribution in [2.24, 2.45) is 5.73 Å². The number of hydrogen-bond donors (Lipinski definition) is 3. The summed E-state index contributed by atoms with van der Waals surface area (Å²) in [7, 11) is 0. The highest BCUT2D eigenvalue weighted by Crippen LogP contribution is 2.11. The van der Waals surface area contributed by atoms with E-state index in [0.717, 1.165) is 5.56 Å². The lowest BCUT2D eigenvalue weighted by Gasteiger charge is -2.12. The summed E-state index contributed by atoms with van der Waals surface area (Å²) in [5, 5.41) is 11.1. The fourth-order valence-corrected chi connectivity index (χ4v) is 1.35. The minimum atomic E-state index is -1.28. The Morgan fingerprint density at radius 1 is 1.38 bits per heavy atom. The Morgan fingerprint density at radius 2 is 1.94 bits per heavy atom. The number of halogens is 1. The van der Waals surface area contributed by atoms with E-state index < -0.39 is 18.0 Å². The Balaban J connectivity index is 2.71. The van der Waals surface area contributed by atoms with E-state index in [1.807, 2.05) is 0 Å². The second kappa shape index (κ2) is 5.37. The smallest absolute Gasteiger partial charge is 0.405 e. The van der Waals surface area contributed by atoms with Crippen molar-refractivity contribution in [2.75, 3.05) is 0 Å². The lowest BCUT2D eigenvalue weighted by molar-refractivity contribution is -0.119. The van der Waals surface area contributed by atoms with Crippen molar-refractivity contribution < 1.29 is 14.7 Å². The van der Waals surface area contributed by atoms with E-state index >= 15 is 0 Å². The molecule has 0 saturated carbocycles. The van der Waals surface area contributed by atoms with E-state index in [0.29, 0.717) is 5.02 Å². The molecule has 0 aliphatic heterocycles. The lowest BCUT2D eigenvalue weighted by Crippen LogP contribution is -2.45. The van der Waals surface area contributed by atoms with Crippen LogP contribution in [0.2, 0.25) is 5.02 Å². The molecular formula is C10H11ClN2O3. The maximum atomic E-state index is 11.0. The van der Waals surface area contributed by atoms with E-state index in [4.69, 9.17) is 22.4 Å². The SMILES string of the molecule is NC(=O)C(Cc1ccc(Cl)cc1)NC(=O)O. The number of carboxylic acid groups (broad SMARTS) is 1. The molecule has 0 aliphatic carbocycles. The number of rotatable bonds is 4. The molecule has 1 rings (SSSR count). The highest BCUT2D eigenvalue weighted by Gasteiger charge is 2.17. The molecule has 0 heterocycles. The molecule has 4 N–H and O–H groups in total. The summed E-state index contributed by atoms with van der Waals surface area (Å²) < 4.78 is 0. The lowest BCUT2D eigenvalue weighted by atomic mass is 10.1. The third-order valence-corrected chi connectivity index (χ3v) is 2.25.